The molecule has 1 heterocycles. The predicted molar refractivity (Wildman–Crippen MR) is 365 cm³/mol. The zero-order chi connectivity index (χ0) is 63.1. The summed E-state index contributed by atoms with van der Waals surface area (Å²) in [5.41, 5.74) is 0. The van der Waals surface area contributed by atoms with Crippen molar-refractivity contribution in [1.29, 1.82) is 0 Å². The lowest BCUT2D eigenvalue weighted by atomic mass is 9.99. The predicted octanol–water partition coefficient (Wildman–Crippen LogP) is 18.0. The first kappa shape index (κ1) is 80.8. The van der Waals surface area contributed by atoms with E-state index in [1.54, 1.807) is 6.08 Å². The van der Waals surface area contributed by atoms with Crippen LogP contribution in [0.5, 0.6) is 0 Å². The quantitative estimate of drug-likeness (QED) is 0.0195. The summed E-state index contributed by atoms with van der Waals surface area (Å²) in [4.78, 5) is 26.7. The first-order valence-electron chi connectivity index (χ1n) is 35.0. The molecule has 0 aromatic carbocycles. The van der Waals surface area contributed by atoms with E-state index in [9.17, 15) is 35.1 Å². The Hall–Kier alpha value is -4.20. The summed E-state index contributed by atoms with van der Waals surface area (Å²) in [6.07, 6.45) is 77.7. The van der Waals surface area contributed by atoms with Crippen LogP contribution in [0.1, 0.15) is 271 Å². The minimum atomic E-state index is -1.63. The van der Waals surface area contributed by atoms with Crippen LogP contribution in [-0.2, 0) is 23.8 Å². The number of rotatable bonds is 58. The highest BCUT2D eigenvalue weighted by molar-refractivity contribution is 5.80. The lowest BCUT2D eigenvalue weighted by molar-refractivity contribution is -0.305. The third-order valence-electron chi connectivity index (χ3n) is 15.5. The Balaban J connectivity index is 2.61. The van der Waals surface area contributed by atoms with Crippen molar-refractivity contribution in [3.05, 3.63) is 134 Å². The molecule has 1 saturated heterocycles. The lowest BCUT2D eigenvalue weighted by Gasteiger charge is -2.41. The standard InChI is InChI=1S/C76H127NO10/c1-4-7-10-13-16-19-22-25-27-29-31-32-33-34-35-36-37-38-39-41-43-46-49-52-55-58-61-64-71(81)87-74-73(83)72(82)70(65-78)86-76(74)85-66-67(68(79)62-59-56-53-50-47-44-24-21-18-15-12-9-6-3)77-75(84)69(80)63-60-57-54-51-48-45-42-40-30-28-26-23-20-17-14-11-8-5-2/h7-8,10-11,16-17,19-20,25-28,31-32,34-35,40,42,48,51,59,62,67-70,72-74,76,78-80,82-83H,4-6,9,12-15,18,21-24,29-30,33,36-39,41,43-47,49-50,52-58,60-61,63-66H2,1-3H3,(H,77,84)/b10-7-,11-8-,19-16-,20-17-,27-25-,28-26-,32-31-,35-34-,42-40-,51-48-,62-59+. The van der Waals surface area contributed by atoms with Gasteiger partial charge in [0.1, 0.15) is 24.4 Å². The molecule has 496 valence electrons. The molecule has 11 heteroatoms. The van der Waals surface area contributed by atoms with Gasteiger partial charge in [-0.15, -0.1) is 0 Å². The van der Waals surface area contributed by atoms with Gasteiger partial charge < -0.3 is 45.1 Å². The fourth-order valence-electron chi connectivity index (χ4n) is 10.1. The number of aliphatic hydroxyl groups is 5. The van der Waals surface area contributed by atoms with Gasteiger partial charge in [-0.25, -0.2) is 0 Å². The van der Waals surface area contributed by atoms with Gasteiger partial charge in [-0.05, 0) is 116 Å². The van der Waals surface area contributed by atoms with Gasteiger partial charge in [0, 0.05) is 6.42 Å². The van der Waals surface area contributed by atoms with Gasteiger partial charge in [0.15, 0.2) is 12.4 Å². The smallest absolute Gasteiger partial charge is 0.306 e. The van der Waals surface area contributed by atoms with Crippen LogP contribution in [0, 0.1) is 0 Å². The van der Waals surface area contributed by atoms with Crippen molar-refractivity contribution in [2.24, 2.45) is 0 Å². The van der Waals surface area contributed by atoms with Gasteiger partial charge in [0.25, 0.3) is 0 Å². The van der Waals surface area contributed by atoms with Crippen LogP contribution >= 0.6 is 0 Å². The minimum Gasteiger partial charge on any atom is -0.454 e. The topological polar surface area (TPSA) is 175 Å². The third-order valence-corrected chi connectivity index (χ3v) is 15.5. The SMILES string of the molecule is CC/C=C\C/C=C\C/C=C\C/C=C\C/C=C\CCCCCCCCCCCCCC(=O)OC1C(OCC(NC(=O)C(O)CCCC/C=C\C/C=C\C/C=C\C/C=C\C/C=C\CC)C(O)/C=C/CCCCCCCCCCCCC)OC(CO)C(O)C1O. The number of hydrogen-bond donors (Lipinski definition) is 6. The second kappa shape index (κ2) is 62.0. The van der Waals surface area contributed by atoms with Crippen LogP contribution < -0.4 is 5.32 Å². The Morgan fingerprint density at radius 2 is 0.828 bits per heavy atom. The van der Waals surface area contributed by atoms with Crippen LogP contribution in [0.3, 0.4) is 0 Å². The molecule has 0 saturated carbocycles. The number of esters is 1. The molecule has 1 aliphatic heterocycles. The molecule has 0 aliphatic carbocycles. The molecule has 0 spiro atoms. The van der Waals surface area contributed by atoms with Crippen molar-refractivity contribution >= 4 is 11.9 Å². The van der Waals surface area contributed by atoms with Gasteiger partial charge >= 0.3 is 5.97 Å². The molecule has 0 aromatic heterocycles. The molecule has 6 N–H and O–H groups in total. The Bertz CT molecular complexity index is 1930. The maximum Gasteiger partial charge on any atom is 0.306 e. The Morgan fingerprint density at radius 3 is 1.24 bits per heavy atom. The number of nitrogens with one attached hydrogen (secondary N) is 1. The highest BCUT2D eigenvalue weighted by Gasteiger charge is 2.47. The molecule has 11 nitrogen and oxygen atoms in total. The van der Waals surface area contributed by atoms with Crippen molar-refractivity contribution in [3.63, 3.8) is 0 Å². The molecule has 1 rings (SSSR count). The van der Waals surface area contributed by atoms with Crippen LogP contribution in [0.15, 0.2) is 134 Å². The second-order valence-electron chi connectivity index (χ2n) is 23.5. The number of aliphatic hydroxyl groups excluding tert-OH is 5. The van der Waals surface area contributed by atoms with Crippen molar-refractivity contribution in [1.82, 2.24) is 5.32 Å². The second-order valence-corrected chi connectivity index (χ2v) is 23.5. The Labute approximate surface area is 531 Å². The van der Waals surface area contributed by atoms with Crippen molar-refractivity contribution in [2.45, 2.75) is 320 Å². The molecule has 8 atom stereocenters. The molecule has 87 heavy (non-hydrogen) atoms. The molecule has 0 aromatic rings. The summed E-state index contributed by atoms with van der Waals surface area (Å²) < 4.78 is 17.7. The highest BCUT2D eigenvalue weighted by atomic mass is 16.7. The van der Waals surface area contributed by atoms with Crippen molar-refractivity contribution in [3.8, 4) is 0 Å². The van der Waals surface area contributed by atoms with E-state index in [4.69, 9.17) is 14.2 Å². The summed E-state index contributed by atoms with van der Waals surface area (Å²) in [5.74, 6) is -1.24. The molecular formula is C76H127NO10. The van der Waals surface area contributed by atoms with Gasteiger partial charge in [0.2, 0.25) is 5.91 Å². The first-order valence-corrected chi connectivity index (χ1v) is 35.0. The number of hydrogen-bond acceptors (Lipinski definition) is 10. The van der Waals surface area contributed by atoms with Crippen molar-refractivity contribution < 1.29 is 49.3 Å². The molecule has 0 radical (unpaired) electrons. The van der Waals surface area contributed by atoms with E-state index >= 15 is 0 Å². The van der Waals surface area contributed by atoms with Crippen molar-refractivity contribution in [2.75, 3.05) is 13.2 Å². The molecule has 0 bridgehead atoms. The molecule has 1 fully saturated rings. The molecule has 1 aliphatic rings. The number of carbonyl (C=O) groups excluding carboxylic acids is 2. The van der Waals surface area contributed by atoms with Crippen LogP contribution in [0.2, 0.25) is 0 Å². The van der Waals surface area contributed by atoms with E-state index in [0.717, 1.165) is 135 Å². The van der Waals surface area contributed by atoms with E-state index in [1.165, 1.54) is 89.9 Å². The summed E-state index contributed by atoms with van der Waals surface area (Å²) in [6.45, 7) is 5.55. The molecular weight excluding hydrogens is 1090 g/mol. The van der Waals surface area contributed by atoms with Crippen LogP contribution in [0.4, 0.5) is 0 Å². The Morgan fingerprint density at radius 1 is 0.460 bits per heavy atom. The third kappa shape index (κ3) is 49.3. The van der Waals surface area contributed by atoms with E-state index in [1.807, 2.05) is 6.08 Å². The largest absolute Gasteiger partial charge is 0.454 e. The van der Waals surface area contributed by atoms with Gasteiger partial charge in [-0.2, -0.15) is 0 Å². The fraction of sp³-hybridized carbons (Fsp3) is 0.684. The van der Waals surface area contributed by atoms with E-state index in [-0.39, 0.29) is 19.4 Å². The normalized spacial score (nSPS) is 19.1. The summed E-state index contributed by atoms with van der Waals surface area (Å²) in [5, 5.41) is 57.2. The van der Waals surface area contributed by atoms with E-state index in [0.29, 0.717) is 12.8 Å². The Kier molecular flexibility index (Phi) is 57.6. The first-order chi connectivity index (χ1) is 42.7. The minimum absolute atomic E-state index is 0.108. The number of amides is 1. The highest BCUT2D eigenvalue weighted by Crippen LogP contribution is 2.26. The zero-order valence-electron chi connectivity index (χ0n) is 55.1. The molecule has 8 unspecified atom stereocenters. The number of unbranched alkanes of at least 4 members (excludes halogenated alkanes) is 24. The van der Waals surface area contributed by atoms with E-state index < -0.39 is 67.4 Å². The van der Waals surface area contributed by atoms with Gasteiger partial charge in [0.05, 0.1) is 25.4 Å². The van der Waals surface area contributed by atoms with Gasteiger partial charge in [-0.1, -0.05) is 283 Å². The average Bonchev–Trinajstić information content (AvgIpc) is 2.51. The number of allylic oxidation sites excluding steroid dienone is 21. The van der Waals surface area contributed by atoms with Crippen LogP contribution in [-0.4, -0.2) is 99.6 Å². The molecule has 1 amide bonds. The summed E-state index contributed by atoms with van der Waals surface area (Å²) in [6, 6.07) is -1.05. The summed E-state index contributed by atoms with van der Waals surface area (Å²) >= 11 is 0. The maximum absolute atomic E-state index is 13.5. The lowest BCUT2D eigenvalue weighted by Crippen LogP contribution is -2.61. The number of carbonyl (C=O) groups is 2. The van der Waals surface area contributed by atoms with Crippen LogP contribution in [0.25, 0.3) is 0 Å². The van der Waals surface area contributed by atoms with E-state index in [2.05, 4.69) is 148 Å². The van der Waals surface area contributed by atoms with Gasteiger partial charge in [-0.3, -0.25) is 9.59 Å². The fourth-order valence-corrected chi connectivity index (χ4v) is 10.1. The maximum atomic E-state index is 13.5. The zero-order valence-corrected chi connectivity index (χ0v) is 55.1. The number of ether oxygens (including phenoxy) is 3. The monoisotopic (exact) mass is 1210 g/mol. The average molecular weight is 1210 g/mol. The summed E-state index contributed by atoms with van der Waals surface area (Å²) in [7, 11) is 0.